The second kappa shape index (κ2) is 12.6. The summed E-state index contributed by atoms with van der Waals surface area (Å²) in [5.74, 6) is -1.45. The van der Waals surface area contributed by atoms with Crippen LogP contribution in [0.1, 0.15) is 38.5 Å². The van der Waals surface area contributed by atoms with E-state index in [4.69, 9.17) is 35.8 Å². The monoisotopic (exact) mass is 592 g/mol. The molecule has 164 valence electrons. The van der Waals surface area contributed by atoms with Gasteiger partial charge in [-0.3, -0.25) is 0 Å². The first-order valence-electron chi connectivity index (χ1n) is 8.59. The van der Waals surface area contributed by atoms with Crippen LogP contribution in [0.4, 0.5) is 0 Å². The summed E-state index contributed by atoms with van der Waals surface area (Å²) >= 11 is 0. The molecule has 0 aromatic heterocycles. The SMILES string of the molecule is C[N+](C)(C)C1CC(C(O)C(=O)[O-])C1.N[C@H]1CCCC[C@@H]1N.O=P([O-])([O-])O.[Pt+2]. The number of phosphoric acid groups is 1. The molecule has 0 saturated heterocycles. The summed E-state index contributed by atoms with van der Waals surface area (Å²) in [5, 5.41) is 19.5. The molecule has 0 amide bonds. The van der Waals surface area contributed by atoms with E-state index in [-0.39, 0.29) is 39.1 Å². The molecule has 27 heavy (non-hydrogen) atoms. The van der Waals surface area contributed by atoms with E-state index in [9.17, 15) is 9.90 Å². The average molecular weight is 592 g/mol. The van der Waals surface area contributed by atoms with Crippen LogP contribution in [-0.4, -0.2) is 65.8 Å². The first kappa shape index (κ1) is 29.3. The molecule has 0 aromatic rings. The molecule has 10 nitrogen and oxygen atoms in total. The zero-order valence-corrected chi connectivity index (χ0v) is 19.1. The Morgan fingerprint density at radius 1 is 1.11 bits per heavy atom. The van der Waals surface area contributed by atoms with Gasteiger partial charge in [0.1, 0.15) is 0 Å². The summed E-state index contributed by atoms with van der Waals surface area (Å²) in [6, 6.07) is 1.03. The van der Waals surface area contributed by atoms with Crippen molar-refractivity contribution >= 4 is 13.8 Å². The topological polar surface area (TPSA) is 196 Å². The van der Waals surface area contributed by atoms with Crippen LogP contribution >= 0.6 is 7.82 Å². The fourth-order valence-electron chi connectivity index (χ4n) is 2.90. The van der Waals surface area contributed by atoms with Crippen molar-refractivity contribution in [3.8, 4) is 0 Å². The van der Waals surface area contributed by atoms with Gasteiger partial charge in [0.25, 0.3) is 0 Å². The zero-order chi connectivity index (χ0) is 20.7. The van der Waals surface area contributed by atoms with E-state index in [0.29, 0.717) is 6.04 Å². The van der Waals surface area contributed by atoms with E-state index < -0.39 is 19.9 Å². The molecule has 2 fully saturated rings. The third-order valence-corrected chi connectivity index (χ3v) is 4.81. The number of carbonyl (C=O) groups is 1. The Morgan fingerprint density at radius 3 is 1.67 bits per heavy atom. The van der Waals surface area contributed by atoms with Crippen molar-refractivity contribution in [2.75, 3.05) is 21.1 Å². The molecule has 0 aromatic carbocycles. The van der Waals surface area contributed by atoms with Crippen LogP contribution in [0.15, 0.2) is 0 Å². The van der Waals surface area contributed by atoms with Gasteiger partial charge in [0.2, 0.25) is 0 Å². The predicted octanol–water partition coefficient (Wildman–Crippen LogP) is -3.40. The molecule has 2 saturated carbocycles. The van der Waals surface area contributed by atoms with Crippen molar-refractivity contribution in [1.29, 1.82) is 0 Å². The second-order valence-electron chi connectivity index (χ2n) is 7.85. The third kappa shape index (κ3) is 13.8. The maximum atomic E-state index is 10.3. The number of nitrogens with two attached hydrogens (primary N) is 2. The van der Waals surface area contributed by atoms with Gasteiger partial charge in [0, 0.05) is 30.8 Å². The predicted molar refractivity (Wildman–Crippen MR) is 89.8 cm³/mol. The number of aliphatic carboxylic acids is 1. The summed E-state index contributed by atoms with van der Waals surface area (Å²) in [6.07, 6.45) is 5.08. The molecular weight excluding hydrogens is 560 g/mol. The second-order valence-corrected chi connectivity index (χ2v) is 8.78. The Kier molecular flexibility index (Phi) is 13.7. The van der Waals surface area contributed by atoms with Crippen molar-refractivity contribution < 1.29 is 59.8 Å². The van der Waals surface area contributed by atoms with Gasteiger partial charge in [0.15, 0.2) is 0 Å². The van der Waals surface area contributed by atoms with Gasteiger partial charge in [0.05, 0.1) is 47.1 Å². The van der Waals surface area contributed by atoms with E-state index in [1.54, 1.807) is 0 Å². The van der Waals surface area contributed by atoms with E-state index in [1.807, 2.05) is 0 Å². The minimum atomic E-state index is -5.14. The van der Waals surface area contributed by atoms with Crippen LogP contribution in [0.2, 0.25) is 0 Å². The van der Waals surface area contributed by atoms with Crippen molar-refractivity contribution in [1.82, 2.24) is 0 Å². The molecule has 2 aliphatic rings. The van der Waals surface area contributed by atoms with Crippen LogP contribution in [0.3, 0.4) is 0 Å². The number of carboxylic acid groups (broad SMARTS) is 1. The number of rotatable bonds is 3. The van der Waals surface area contributed by atoms with Crippen molar-refractivity contribution in [3.63, 3.8) is 0 Å². The van der Waals surface area contributed by atoms with Crippen molar-refractivity contribution in [2.45, 2.75) is 62.8 Å². The summed E-state index contributed by atoms with van der Waals surface area (Å²) in [6.45, 7) is 0. The summed E-state index contributed by atoms with van der Waals surface area (Å²) in [5.41, 5.74) is 11.3. The van der Waals surface area contributed by atoms with E-state index >= 15 is 0 Å². The molecule has 1 unspecified atom stereocenters. The van der Waals surface area contributed by atoms with Gasteiger partial charge < -0.3 is 50.2 Å². The molecule has 2 rings (SSSR count). The standard InChI is InChI=1S/C9H17NO3.C6H14N2.H3O4P.Pt/c1-10(2,3)7-4-6(5-7)8(11)9(12)13;7-5-3-1-2-4-6(5)8;1-5(2,3)4;/h6-8,11H,4-5H2,1-3H3;5-6H,1-4,7-8H2;(H3,1,2,3,4);/q;;;+2/p-2/t;5-,6-;;/m.0../s1. The molecular formula is C15H32N3O7PPt. The Bertz CT molecular complexity index is 462. The van der Waals surface area contributed by atoms with Gasteiger partial charge in [-0.15, -0.1) is 0 Å². The van der Waals surface area contributed by atoms with E-state index in [0.717, 1.165) is 30.2 Å². The number of carbonyl (C=O) groups excluding carboxylic acids is 1. The molecule has 0 heterocycles. The normalized spacial score (nSPS) is 28.8. The molecule has 2 aliphatic carbocycles. The Balaban J connectivity index is 0. The van der Waals surface area contributed by atoms with Crippen LogP contribution in [0, 0.1) is 5.92 Å². The van der Waals surface area contributed by atoms with E-state index in [1.165, 1.54) is 12.8 Å². The largest absolute Gasteiger partial charge is 2.00 e. The third-order valence-electron chi connectivity index (χ3n) is 4.81. The number of aliphatic hydroxyl groups is 1. The Hall–Kier alpha value is 0.108. The number of nitrogens with zero attached hydrogens (tertiary/aromatic N) is 1. The van der Waals surface area contributed by atoms with Crippen molar-refractivity contribution in [3.05, 3.63) is 0 Å². The molecule has 6 N–H and O–H groups in total. The fraction of sp³-hybridized carbons (Fsp3) is 0.933. The maximum absolute atomic E-state index is 10.3. The average Bonchev–Trinajstić information content (AvgIpc) is 2.37. The van der Waals surface area contributed by atoms with Gasteiger partial charge in [-0.1, -0.05) is 12.8 Å². The summed E-state index contributed by atoms with van der Waals surface area (Å²) < 4.78 is 9.49. The summed E-state index contributed by atoms with van der Waals surface area (Å²) in [7, 11) is 1.09. The minimum Gasteiger partial charge on any atom is -0.790 e. The molecule has 0 radical (unpaired) electrons. The minimum absolute atomic E-state index is 0. The number of quaternary nitrogens is 1. The van der Waals surface area contributed by atoms with Crippen molar-refractivity contribution in [2.24, 2.45) is 17.4 Å². The molecule has 3 atom stereocenters. The summed E-state index contributed by atoms with van der Waals surface area (Å²) in [4.78, 5) is 34.6. The van der Waals surface area contributed by atoms with E-state index in [2.05, 4.69) is 21.1 Å². The first-order chi connectivity index (χ1) is 11.6. The van der Waals surface area contributed by atoms with Gasteiger partial charge in [-0.2, -0.15) is 0 Å². The number of hydrogen-bond donors (Lipinski definition) is 4. The number of hydrogen-bond acceptors (Lipinski definition) is 8. The van der Waals surface area contributed by atoms with Gasteiger partial charge >= 0.3 is 21.1 Å². The Morgan fingerprint density at radius 2 is 1.44 bits per heavy atom. The Labute approximate surface area is 175 Å². The van der Waals surface area contributed by atoms with Crippen LogP contribution in [0.25, 0.3) is 0 Å². The van der Waals surface area contributed by atoms with Crippen LogP contribution < -0.4 is 26.4 Å². The molecule has 0 aliphatic heterocycles. The van der Waals surface area contributed by atoms with Crippen LogP contribution in [-0.2, 0) is 30.4 Å². The fourth-order valence-corrected chi connectivity index (χ4v) is 2.90. The number of aliphatic hydroxyl groups excluding tert-OH is 1. The maximum Gasteiger partial charge on any atom is 2.00 e. The molecule has 0 bridgehead atoms. The first-order valence-corrected chi connectivity index (χ1v) is 10.1. The quantitative estimate of drug-likeness (QED) is 0.191. The van der Waals surface area contributed by atoms with Crippen LogP contribution in [0.5, 0.6) is 0 Å². The smallest absolute Gasteiger partial charge is 0.790 e. The van der Waals surface area contributed by atoms with Gasteiger partial charge in [-0.05, 0) is 12.8 Å². The van der Waals surface area contributed by atoms with Gasteiger partial charge in [-0.25, -0.2) is 0 Å². The molecule has 12 heteroatoms. The molecule has 0 spiro atoms. The number of carboxylic acids is 1. The zero-order valence-electron chi connectivity index (χ0n) is 15.9.